The Morgan fingerprint density at radius 2 is 1.79 bits per heavy atom. The molecule has 4 rings (SSSR count). The number of para-hydroxylation sites is 2. The molecule has 0 spiro atoms. The van der Waals surface area contributed by atoms with E-state index in [0.717, 1.165) is 33.2 Å². The van der Waals surface area contributed by atoms with Gasteiger partial charge in [-0.25, -0.2) is 0 Å². The number of carbonyl (C=O) groups excluding carboxylic acids is 1. The Morgan fingerprint density at radius 3 is 2.59 bits per heavy atom. The number of aromatic nitrogens is 2. The Labute approximate surface area is 169 Å². The predicted octanol–water partition coefficient (Wildman–Crippen LogP) is 3.72. The molecule has 0 aliphatic heterocycles. The van der Waals surface area contributed by atoms with Crippen molar-refractivity contribution in [1.82, 2.24) is 14.5 Å². The highest BCUT2D eigenvalue weighted by Crippen LogP contribution is 2.31. The van der Waals surface area contributed by atoms with Gasteiger partial charge in [0.15, 0.2) is 0 Å². The van der Waals surface area contributed by atoms with Crippen LogP contribution in [0.5, 0.6) is 5.75 Å². The molecular formula is C23H25N3O3. The third kappa shape index (κ3) is 3.36. The molecule has 0 fully saturated rings. The smallest absolute Gasteiger partial charge is 0.268 e. The van der Waals surface area contributed by atoms with E-state index in [1.165, 1.54) is 0 Å². The Balaban J connectivity index is 1.72. The van der Waals surface area contributed by atoms with Gasteiger partial charge in [0.25, 0.3) is 5.91 Å². The summed E-state index contributed by atoms with van der Waals surface area (Å²) >= 11 is 0. The number of amides is 1. The standard InChI is InChI=1S/C23H25N3O3/c1-25-18-10-6-5-9-17(18)22-19(25)14-20(26(22)12-13-28-2)23(27)24-15-16-8-4-7-11-21(16)29-3/h4-11,14H,12-13,15H2,1-3H3,(H,24,27). The minimum atomic E-state index is -0.118. The molecule has 1 N–H and O–H groups in total. The summed E-state index contributed by atoms with van der Waals surface area (Å²) in [6.07, 6.45) is 0. The summed E-state index contributed by atoms with van der Waals surface area (Å²) in [7, 11) is 5.33. The fourth-order valence-corrected chi connectivity index (χ4v) is 3.89. The summed E-state index contributed by atoms with van der Waals surface area (Å²) in [5, 5.41) is 4.16. The van der Waals surface area contributed by atoms with Gasteiger partial charge >= 0.3 is 0 Å². The van der Waals surface area contributed by atoms with E-state index in [9.17, 15) is 4.79 Å². The molecule has 0 aliphatic rings. The second-order valence-electron chi connectivity index (χ2n) is 6.98. The van der Waals surface area contributed by atoms with Crippen LogP contribution in [0.4, 0.5) is 0 Å². The lowest BCUT2D eigenvalue weighted by Crippen LogP contribution is -2.26. The van der Waals surface area contributed by atoms with Crippen LogP contribution in [0.3, 0.4) is 0 Å². The summed E-state index contributed by atoms with van der Waals surface area (Å²) < 4.78 is 14.9. The average Bonchev–Trinajstić information content (AvgIpc) is 3.27. The fraction of sp³-hybridized carbons (Fsp3) is 0.261. The van der Waals surface area contributed by atoms with E-state index < -0.39 is 0 Å². The maximum atomic E-state index is 13.1. The lowest BCUT2D eigenvalue weighted by Gasteiger charge is -2.12. The number of hydrogen-bond acceptors (Lipinski definition) is 3. The van der Waals surface area contributed by atoms with Crippen molar-refractivity contribution in [2.24, 2.45) is 7.05 Å². The molecular weight excluding hydrogens is 366 g/mol. The number of methoxy groups -OCH3 is 2. The number of aryl methyl sites for hydroxylation is 1. The number of nitrogens with zero attached hydrogens (tertiary/aromatic N) is 2. The topological polar surface area (TPSA) is 57.4 Å². The van der Waals surface area contributed by atoms with E-state index in [1.807, 2.05) is 49.5 Å². The first-order valence-corrected chi connectivity index (χ1v) is 9.61. The molecule has 0 saturated heterocycles. The monoisotopic (exact) mass is 391 g/mol. The second kappa shape index (κ2) is 8.01. The van der Waals surface area contributed by atoms with Crippen molar-refractivity contribution in [2.75, 3.05) is 20.8 Å². The number of carbonyl (C=O) groups is 1. The Kier molecular flexibility index (Phi) is 5.27. The number of benzene rings is 2. The number of rotatable bonds is 7. The van der Waals surface area contributed by atoms with E-state index in [4.69, 9.17) is 9.47 Å². The first kappa shape index (κ1) is 19.1. The van der Waals surface area contributed by atoms with E-state index in [1.54, 1.807) is 14.2 Å². The van der Waals surface area contributed by atoms with Crippen molar-refractivity contribution in [3.05, 3.63) is 65.9 Å². The molecule has 150 valence electrons. The first-order chi connectivity index (χ1) is 14.2. The van der Waals surface area contributed by atoms with Crippen molar-refractivity contribution in [3.8, 4) is 5.75 Å². The molecule has 6 heteroatoms. The van der Waals surface area contributed by atoms with E-state index >= 15 is 0 Å². The second-order valence-corrected chi connectivity index (χ2v) is 6.98. The van der Waals surface area contributed by atoms with Gasteiger partial charge in [-0.2, -0.15) is 0 Å². The molecule has 29 heavy (non-hydrogen) atoms. The minimum Gasteiger partial charge on any atom is -0.496 e. The van der Waals surface area contributed by atoms with Crippen molar-refractivity contribution in [2.45, 2.75) is 13.1 Å². The van der Waals surface area contributed by atoms with Gasteiger partial charge in [0, 0.05) is 38.2 Å². The van der Waals surface area contributed by atoms with Crippen LogP contribution in [-0.4, -0.2) is 35.9 Å². The van der Waals surface area contributed by atoms with Crippen LogP contribution < -0.4 is 10.1 Å². The van der Waals surface area contributed by atoms with Crippen molar-refractivity contribution in [1.29, 1.82) is 0 Å². The zero-order chi connectivity index (χ0) is 20.4. The van der Waals surface area contributed by atoms with Crippen LogP contribution in [0, 0.1) is 0 Å². The van der Waals surface area contributed by atoms with Gasteiger partial charge < -0.3 is 23.9 Å². The largest absolute Gasteiger partial charge is 0.496 e. The number of hydrogen-bond donors (Lipinski definition) is 1. The molecule has 4 aromatic rings. The van der Waals surface area contributed by atoms with Gasteiger partial charge in [-0.3, -0.25) is 4.79 Å². The van der Waals surface area contributed by atoms with Crippen molar-refractivity contribution >= 4 is 27.8 Å². The van der Waals surface area contributed by atoms with Gasteiger partial charge in [-0.05, 0) is 18.2 Å². The van der Waals surface area contributed by atoms with Crippen LogP contribution in [0.1, 0.15) is 16.1 Å². The van der Waals surface area contributed by atoms with Gasteiger partial charge in [0.2, 0.25) is 0 Å². The highest BCUT2D eigenvalue weighted by atomic mass is 16.5. The van der Waals surface area contributed by atoms with Crippen LogP contribution >= 0.6 is 0 Å². The zero-order valence-corrected chi connectivity index (χ0v) is 16.9. The molecule has 2 aromatic heterocycles. The lowest BCUT2D eigenvalue weighted by molar-refractivity contribution is 0.0939. The van der Waals surface area contributed by atoms with E-state index in [0.29, 0.717) is 25.4 Å². The molecule has 2 heterocycles. The highest BCUT2D eigenvalue weighted by Gasteiger charge is 2.20. The summed E-state index contributed by atoms with van der Waals surface area (Å²) in [6, 6.07) is 17.9. The maximum absolute atomic E-state index is 13.1. The number of nitrogens with one attached hydrogen (secondary N) is 1. The maximum Gasteiger partial charge on any atom is 0.268 e. The predicted molar refractivity (Wildman–Crippen MR) is 114 cm³/mol. The summed E-state index contributed by atoms with van der Waals surface area (Å²) in [5.41, 5.74) is 4.80. The fourth-order valence-electron chi connectivity index (χ4n) is 3.89. The molecule has 6 nitrogen and oxygen atoms in total. The minimum absolute atomic E-state index is 0.118. The lowest BCUT2D eigenvalue weighted by atomic mass is 10.2. The van der Waals surface area contributed by atoms with Gasteiger partial charge in [0.1, 0.15) is 11.4 Å². The third-order valence-corrected chi connectivity index (χ3v) is 5.34. The Hall–Kier alpha value is -3.25. The average molecular weight is 391 g/mol. The SMILES string of the molecule is COCCn1c(C(=O)NCc2ccccc2OC)cc2c1c1ccccc1n2C. The molecule has 0 aliphatic carbocycles. The van der Waals surface area contributed by atoms with Crippen LogP contribution in [0.15, 0.2) is 54.6 Å². The van der Waals surface area contributed by atoms with E-state index in [2.05, 4.69) is 26.6 Å². The van der Waals surface area contributed by atoms with Crippen LogP contribution in [0.2, 0.25) is 0 Å². The molecule has 0 atom stereocenters. The molecule has 0 bridgehead atoms. The summed E-state index contributed by atoms with van der Waals surface area (Å²) in [5.74, 6) is 0.644. The number of fused-ring (bicyclic) bond motifs is 3. The van der Waals surface area contributed by atoms with E-state index in [-0.39, 0.29) is 5.91 Å². The zero-order valence-electron chi connectivity index (χ0n) is 16.9. The molecule has 2 aromatic carbocycles. The normalized spacial score (nSPS) is 11.3. The van der Waals surface area contributed by atoms with Crippen molar-refractivity contribution in [3.63, 3.8) is 0 Å². The first-order valence-electron chi connectivity index (χ1n) is 9.61. The quantitative estimate of drug-likeness (QED) is 0.522. The van der Waals surface area contributed by atoms with Gasteiger partial charge in [-0.1, -0.05) is 36.4 Å². The van der Waals surface area contributed by atoms with Crippen molar-refractivity contribution < 1.29 is 14.3 Å². The molecule has 0 saturated carbocycles. The van der Waals surface area contributed by atoms with Gasteiger partial charge in [0.05, 0.1) is 30.3 Å². The van der Waals surface area contributed by atoms with Gasteiger partial charge in [-0.15, -0.1) is 0 Å². The summed E-state index contributed by atoms with van der Waals surface area (Å²) in [4.78, 5) is 13.1. The third-order valence-electron chi connectivity index (χ3n) is 5.34. The number of ether oxygens (including phenoxy) is 2. The highest BCUT2D eigenvalue weighted by molar-refractivity contribution is 6.10. The molecule has 1 amide bonds. The summed E-state index contributed by atoms with van der Waals surface area (Å²) in [6.45, 7) is 1.53. The van der Waals surface area contributed by atoms with Crippen LogP contribution in [0.25, 0.3) is 21.9 Å². The molecule has 0 unspecified atom stereocenters. The van der Waals surface area contributed by atoms with Crippen LogP contribution in [-0.2, 0) is 24.9 Å². The Morgan fingerprint density at radius 1 is 1.03 bits per heavy atom. The Bertz CT molecular complexity index is 1170. The molecule has 0 radical (unpaired) electrons.